The third-order valence-electron chi connectivity index (χ3n) is 6.69. The molecule has 2 heterocycles. The largest absolute Gasteiger partial charge is 0.494 e. The van der Waals surface area contributed by atoms with Crippen LogP contribution in [0.2, 0.25) is 0 Å². The molecule has 1 aliphatic rings. The standard InChI is InChI=1S/C29H36N6O5/c1-6-27(36)31-20-8-7-9-23(16-20)40-28-26(39-5)18-30-29(33-28)32-24-11-10-21(17-25(24)38-4)34(2)22-12-13-35(19-22)14-15-37-3/h6-11,16-18,22H,1,12-15,19H2,2-5H3,(H,31,36)(H,30,32,33). The van der Waals surface area contributed by atoms with E-state index >= 15 is 0 Å². The molecule has 11 nitrogen and oxygen atoms in total. The highest BCUT2D eigenvalue weighted by molar-refractivity contribution is 5.98. The molecule has 3 aromatic rings. The van der Waals surface area contributed by atoms with Gasteiger partial charge in [0.25, 0.3) is 5.88 Å². The van der Waals surface area contributed by atoms with Gasteiger partial charge in [-0.05, 0) is 36.8 Å². The second-order valence-corrected chi connectivity index (χ2v) is 9.25. The van der Waals surface area contributed by atoms with Gasteiger partial charge in [0.1, 0.15) is 11.5 Å². The Kier molecular flexibility index (Phi) is 9.76. The Balaban J connectivity index is 1.49. The van der Waals surface area contributed by atoms with Crippen LogP contribution in [0.15, 0.2) is 61.3 Å². The molecule has 1 fully saturated rings. The molecule has 0 bridgehead atoms. The van der Waals surface area contributed by atoms with Gasteiger partial charge in [0, 0.05) is 63.3 Å². The number of hydrogen-bond acceptors (Lipinski definition) is 10. The van der Waals surface area contributed by atoms with E-state index in [0.717, 1.165) is 38.3 Å². The summed E-state index contributed by atoms with van der Waals surface area (Å²) in [5.41, 5.74) is 2.32. The summed E-state index contributed by atoms with van der Waals surface area (Å²) in [5, 5.41) is 5.93. The zero-order valence-corrected chi connectivity index (χ0v) is 23.3. The fourth-order valence-electron chi connectivity index (χ4n) is 4.46. The van der Waals surface area contributed by atoms with Crippen LogP contribution in [0.1, 0.15) is 6.42 Å². The lowest BCUT2D eigenvalue weighted by molar-refractivity contribution is -0.111. The number of methoxy groups -OCH3 is 3. The molecule has 1 aromatic heterocycles. The van der Waals surface area contributed by atoms with E-state index in [-0.39, 0.29) is 11.8 Å². The predicted molar refractivity (Wildman–Crippen MR) is 155 cm³/mol. The van der Waals surface area contributed by atoms with Gasteiger partial charge in [0.15, 0.2) is 5.75 Å². The summed E-state index contributed by atoms with van der Waals surface area (Å²) < 4.78 is 22.3. The molecule has 11 heteroatoms. The van der Waals surface area contributed by atoms with Crippen molar-refractivity contribution in [2.24, 2.45) is 0 Å². The van der Waals surface area contributed by atoms with Crippen molar-refractivity contribution < 1.29 is 23.7 Å². The van der Waals surface area contributed by atoms with Gasteiger partial charge in [0.2, 0.25) is 11.9 Å². The SMILES string of the molecule is C=CC(=O)Nc1cccc(Oc2nc(Nc3ccc(N(C)C4CCN(CCOC)C4)cc3OC)ncc2OC)c1. The first-order valence-corrected chi connectivity index (χ1v) is 13.0. The van der Waals surface area contributed by atoms with Crippen LogP contribution in [0.25, 0.3) is 0 Å². The molecular formula is C29H36N6O5. The van der Waals surface area contributed by atoms with Crippen LogP contribution in [-0.4, -0.2) is 81.4 Å². The van der Waals surface area contributed by atoms with Gasteiger partial charge in [-0.3, -0.25) is 9.69 Å². The van der Waals surface area contributed by atoms with E-state index in [1.54, 1.807) is 38.5 Å². The third-order valence-corrected chi connectivity index (χ3v) is 6.69. The maximum atomic E-state index is 11.7. The van der Waals surface area contributed by atoms with Crippen molar-refractivity contribution in [1.29, 1.82) is 0 Å². The number of carbonyl (C=O) groups excluding carboxylic acids is 1. The number of carbonyl (C=O) groups is 1. The van der Waals surface area contributed by atoms with Gasteiger partial charge >= 0.3 is 0 Å². The summed E-state index contributed by atoms with van der Waals surface area (Å²) in [4.78, 5) is 25.3. The molecule has 1 unspecified atom stereocenters. The van der Waals surface area contributed by atoms with Crippen molar-refractivity contribution in [1.82, 2.24) is 14.9 Å². The van der Waals surface area contributed by atoms with Gasteiger partial charge in [0.05, 0.1) is 32.7 Å². The normalized spacial score (nSPS) is 14.8. The maximum Gasteiger partial charge on any atom is 0.267 e. The van der Waals surface area contributed by atoms with Crippen molar-refractivity contribution in [3.8, 4) is 23.1 Å². The van der Waals surface area contributed by atoms with Gasteiger partial charge in [-0.1, -0.05) is 12.6 Å². The molecule has 0 radical (unpaired) electrons. The summed E-state index contributed by atoms with van der Waals surface area (Å²) >= 11 is 0. The molecule has 2 aromatic carbocycles. The Bertz CT molecular complexity index is 1320. The van der Waals surface area contributed by atoms with Crippen LogP contribution in [0, 0.1) is 0 Å². The topological polar surface area (TPSA) is 110 Å². The second-order valence-electron chi connectivity index (χ2n) is 9.25. The highest BCUT2D eigenvalue weighted by Gasteiger charge is 2.26. The number of anilines is 4. The van der Waals surface area contributed by atoms with Crippen LogP contribution in [0.4, 0.5) is 23.0 Å². The molecule has 0 spiro atoms. The van der Waals surface area contributed by atoms with Crippen molar-refractivity contribution in [3.05, 3.63) is 61.3 Å². The highest BCUT2D eigenvalue weighted by Crippen LogP contribution is 2.35. The molecule has 1 aliphatic heterocycles. The van der Waals surface area contributed by atoms with Crippen LogP contribution in [0.3, 0.4) is 0 Å². The summed E-state index contributed by atoms with van der Waals surface area (Å²) in [6.07, 6.45) is 3.82. The van der Waals surface area contributed by atoms with Crippen LogP contribution < -0.4 is 29.7 Å². The summed E-state index contributed by atoms with van der Waals surface area (Å²) in [5.74, 6) is 1.67. The molecule has 40 heavy (non-hydrogen) atoms. The number of aromatic nitrogens is 2. The number of nitrogens with one attached hydrogen (secondary N) is 2. The Hall–Kier alpha value is -4.35. The van der Waals surface area contributed by atoms with E-state index in [0.29, 0.717) is 40.6 Å². The lowest BCUT2D eigenvalue weighted by atomic mass is 10.2. The van der Waals surface area contributed by atoms with E-state index < -0.39 is 0 Å². The number of ether oxygens (including phenoxy) is 4. The predicted octanol–water partition coefficient (Wildman–Crippen LogP) is 4.31. The zero-order chi connectivity index (χ0) is 28.5. The van der Waals surface area contributed by atoms with Gasteiger partial charge in [-0.2, -0.15) is 4.98 Å². The maximum absolute atomic E-state index is 11.7. The highest BCUT2D eigenvalue weighted by atomic mass is 16.5. The fourth-order valence-corrected chi connectivity index (χ4v) is 4.46. The van der Waals surface area contributed by atoms with Gasteiger partial charge < -0.3 is 34.5 Å². The molecule has 212 valence electrons. The molecule has 0 aliphatic carbocycles. The van der Waals surface area contributed by atoms with E-state index in [9.17, 15) is 4.79 Å². The van der Waals surface area contributed by atoms with E-state index in [2.05, 4.69) is 44.0 Å². The number of hydrogen-bond donors (Lipinski definition) is 2. The number of nitrogens with zero attached hydrogens (tertiary/aromatic N) is 4. The average Bonchev–Trinajstić information content (AvgIpc) is 3.45. The van der Waals surface area contributed by atoms with E-state index in [4.69, 9.17) is 18.9 Å². The first kappa shape index (κ1) is 28.7. The number of likely N-dealkylation sites (N-methyl/N-ethyl adjacent to an activating group) is 1. The smallest absolute Gasteiger partial charge is 0.267 e. The Morgan fingerprint density at radius 1 is 1.18 bits per heavy atom. The molecule has 1 atom stereocenters. The van der Waals surface area contributed by atoms with Crippen molar-refractivity contribution in [2.45, 2.75) is 12.5 Å². The van der Waals surface area contributed by atoms with Crippen molar-refractivity contribution in [2.75, 3.05) is 70.2 Å². The Labute approximate surface area is 234 Å². The van der Waals surface area contributed by atoms with Crippen molar-refractivity contribution in [3.63, 3.8) is 0 Å². The van der Waals surface area contributed by atoms with Crippen LogP contribution >= 0.6 is 0 Å². The Morgan fingerprint density at radius 3 is 2.75 bits per heavy atom. The first-order valence-electron chi connectivity index (χ1n) is 13.0. The van der Waals surface area contributed by atoms with Gasteiger partial charge in [-0.15, -0.1) is 0 Å². The minimum Gasteiger partial charge on any atom is -0.494 e. The Morgan fingerprint density at radius 2 is 2.00 bits per heavy atom. The molecule has 1 saturated heterocycles. The quantitative estimate of drug-likeness (QED) is 0.300. The molecule has 4 rings (SSSR count). The van der Waals surface area contributed by atoms with Gasteiger partial charge in [-0.25, -0.2) is 4.98 Å². The van der Waals surface area contributed by atoms with E-state index in [1.807, 2.05) is 18.2 Å². The first-order chi connectivity index (χ1) is 19.4. The summed E-state index contributed by atoms with van der Waals surface area (Å²) in [7, 11) is 6.99. The summed E-state index contributed by atoms with van der Waals surface area (Å²) in [6, 6.07) is 13.3. The number of rotatable bonds is 13. The molecule has 0 saturated carbocycles. The number of amides is 1. The third kappa shape index (κ3) is 7.19. The summed E-state index contributed by atoms with van der Waals surface area (Å²) in [6.45, 7) is 7.20. The second kappa shape index (κ2) is 13.6. The van der Waals surface area contributed by atoms with E-state index in [1.165, 1.54) is 19.4 Å². The molecule has 2 N–H and O–H groups in total. The lowest BCUT2D eigenvalue weighted by Crippen LogP contribution is -2.35. The van der Waals surface area contributed by atoms with Crippen molar-refractivity contribution >= 4 is 28.9 Å². The molecule has 1 amide bonds. The molecular weight excluding hydrogens is 512 g/mol. The number of likely N-dealkylation sites (tertiary alicyclic amines) is 1. The van der Waals surface area contributed by atoms with Crippen LogP contribution in [-0.2, 0) is 9.53 Å². The monoisotopic (exact) mass is 548 g/mol. The van der Waals surface area contributed by atoms with Crippen LogP contribution in [0.5, 0.6) is 23.1 Å². The number of benzene rings is 2. The minimum atomic E-state index is -0.318. The fraction of sp³-hybridized carbons (Fsp3) is 0.345. The lowest BCUT2D eigenvalue weighted by Gasteiger charge is -2.28. The zero-order valence-electron chi connectivity index (χ0n) is 23.3. The minimum absolute atomic E-state index is 0.210. The average molecular weight is 549 g/mol.